The number of hydrogen-bond donors (Lipinski definition) is 2. The molecule has 3 unspecified atom stereocenters. The van der Waals surface area contributed by atoms with Crippen molar-refractivity contribution in [3.05, 3.63) is 53.9 Å². The first-order chi connectivity index (χ1) is 32.8. The summed E-state index contributed by atoms with van der Waals surface area (Å²) in [5.74, 6) is -7.94. The van der Waals surface area contributed by atoms with Crippen LogP contribution in [0.25, 0.3) is 0 Å². The number of carbonyl (C=O) groups is 5. The molecule has 0 spiro atoms. The Morgan fingerprint density at radius 3 is 2.32 bits per heavy atom. The highest BCUT2D eigenvalue weighted by molar-refractivity contribution is 6.39. The minimum atomic E-state index is -2.43. The standard InChI is InChI=1S/C52H79N5O12/c1-31-16-12-11-13-17-32(2)43(65-8)28-39-21-19-37(7)52(64,69-39)49(61)50(62)56-23-15-14-18-41(56)51(63)68-44(34(4)26-38-20-22-40(45(27-38)66-9)57-54-30-53-55-57)29-42(58)33(3)25-36(6)47(60)48(67-10)46(59)35(5)24-31/h11-13,16-17,25,30-31,33-35,37-41,43-45,47-48,60,64H,14-15,18-24,26-29H2,1-10H3/b13-11+,16-12+,32-17+,36-25+/t31-,33-,34-,35+,37-,38?,39+,40+,41+,43+,44+,45-,47-,48?,52?/m1/s1. The lowest BCUT2D eigenvalue weighted by Crippen LogP contribution is -2.61. The number of esters is 1. The molecule has 69 heavy (non-hydrogen) atoms. The molecule has 15 atom stereocenters. The van der Waals surface area contributed by atoms with Gasteiger partial charge in [-0.3, -0.25) is 19.2 Å². The number of cyclic esters (lactones) is 1. The Balaban J connectivity index is 1.46. The molecule has 0 aromatic carbocycles. The number of ketones is 3. The fourth-order valence-electron chi connectivity index (χ4n) is 10.7. The van der Waals surface area contributed by atoms with Crippen LogP contribution >= 0.6 is 0 Å². The molecular weight excluding hydrogens is 887 g/mol. The van der Waals surface area contributed by atoms with E-state index in [-0.39, 0.29) is 60.9 Å². The molecule has 4 heterocycles. The average molecular weight is 966 g/mol. The average Bonchev–Trinajstić information content (AvgIpc) is 3.88. The highest BCUT2D eigenvalue weighted by atomic mass is 16.6. The van der Waals surface area contributed by atoms with Crippen molar-refractivity contribution in [1.29, 1.82) is 0 Å². The van der Waals surface area contributed by atoms with Crippen LogP contribution in [0, 0.1) is 35.5 Å². The summed E-state index contributed by atoms with van der Waals surface area (Å²) in [7, 11) is 4.61. The zero-order valence-corrected chi connectivity index (χ0v) is 42.5. The lowest BCUT2D eigenvalue weighted by atomic mass is 9.77. The van der Waals surface area contributed by atoms with Crippen LogP contribution in [-0.4, -0.2) is 141 Å². The van der Waals surface area contributed by atoms with E-state index < -0.39 is 77.8 Å². The normalized spacial score (nSPS) is 38.8. The molecule has 3 fully saturated rings. The Morgan fingerprint density at radius 2 is 1.64 bits per heavy atom. The van der Waals surface area contributed by atoms with Gasteiger partial charge in [-0.15, -0.1) is 10.2 Å². The molecule has 0 radical (unpaired) electrons. The Labute approximate surface area is 408 Å². The number of hydrogen-bond acceptors (Lipinski definition) is 15. The molecule has 2 bridgehead atoms. The Morgan fingerprint density at radius 1 is 0.884 bits per heavy atom. The van der Waals surface area contributed by atoms with E-state index in [1.165, 1.54) is 18.3 Å². The minimum absolute atomic E-state index is 0.0168. The van der Waals surface area contributed by atoms with Crippen LogP contribution < -0.4 is 0 Å². The number of tetrazole rings is 1. The van der Waals surface area contributed by atoms with E-state index in [0.717, 1.165) is 18.4 Å². The number of amides is 1. The molecule has 384 valence electrons. The van der Waals surface area contributed by atoms with Crippen molar-refractivity contribution in [2.75, 3.05) is 27.9 Å². The van der Waals surface area contributed by atoms with Gasteiger partial charge in [-0.2, -0.15) is 4.80 Å². The summed E-state index contributed by atoms with van der Waals surface area (Å²) < 4.78 is 29.9. The highest BCUT2D eigenvalue weighted by Gasteiger charge is 2.53. The van der Waals surface area contributed by atoms with Crippen molar-refractivity contribution < 1.29 is 57.9 Å². The molecule has 4 aliphatic rings. The molecule has 1 aliphatic carbocycles. The molecule has 2 N–H and O–H groups in total. The van der Waals surface area contributed by atoms with Gasteiger partial charge in [0.25, 0.3) is 11.7 Å². The summed E-state index contributed by atoms with van der Waals surface area (Å²) in [5, 5.41) is 35.7. The van der Waals surface area contributed by atoms with E-state index in [1.807, 2.05) is 58.1 Å². The van der Waals surface area contributed by atoms with Gasteiger partial charge in [0.2, 0.25) is 5.79 Å². The SMILES string of the molecule is COC1C(=O)[C@@H](C)C[C@H](C)/C=C/C=C/C=C(\C)[C@@H](OC)C[C@@H]2CC[C@@H](C)C(O)(O2)C(=O)C(=O)N2CCCC[C@H]2C(=O)O[C@H]([C@H](C)CC2CC[C@H](n3ncnn3)[C@H](OC)C2)CC(=O)[C@H](C)/C=C(\C)[C@H]1O. The van der Waals surface area contributed by atoms with Crippen LogP contribution in [0.4, 0.5) is 0 Å². The zero-order valence-electron chi connectivity index (χ0n) is 42.5. The molecule has 3 aliphatic heterocycles. The molecule has 17 heteroatoms. The van der Waals surface area contributed by atoms with Crippen LogP contribution in [0.2, 0.25) is 0 Å². The van der Waals surface area contributed by atoms with E-state index in [0.29, 0.717) is 56.9 Å². The first-order valence-corrected chi connectivity index (χ1v) is 25.0. The quantitative estimate of drug-likeness (QED) is 0.181. The summed E-state index contributed by atoms with van der Waals surface area (Å²) in [6, 6.07) is -1.24. The van der Waals surface area contributed by atoms with Gasteiger partial charge >= 0.3 is 5.97 Å². The molecule has 1 saturated carbocycles. The number of nitrogens with zero attached hydrogens (tertiary/aromatic N) is 5. The second-order valence-electron chi connectivity index (χ2n) is 20.3. The number of allylic oxidation sites excluding steroid dienone is 6. The maximum Gasteiger partial charge on any atom is 0.329 e. The van der Waals surface area contributed by atoms with Gasteiger partial charge in [-0.25, -0.2) is 4.79 Å². The van der Waals surface area contributed by atoms with Crippen LogP contribution in [0.5, 0.6) is 0 Å². The second kappa shape index (κ2) is 25.7. The monoisotopic (exact) mass is 966 g/mol. The van der Waals surface area contributed by atoms with Crippen molar-refractivity contribution in [2.24, 2.45) is 35.5 Å². The summed E-state index contributed by atoms with van der Waals surface area (Å²) in [6.07, 6.45) is 13.7. The van der Waals surface area contributed by atoms with Crippen molar-refractivity contribution in [3.8, 4) is 0 Å². The lowest BCUT2D eigenvalue weighted by molar-refractivity contribution is -0.265. The number of ether oxygens (including phenoxy) is 5. The third kappa shape index (κ3) is 14.2. The Kier molecular flexibility index (Phi) is 20.8. The van der Waals surface area contributed by atoms with Gasteiger partial charge in [0.1, 0.15) is 30.1 Å². The van der Waals surface area contributed by atoms with Crippen LogP contribution in [-0.2, 0) is 47.7 Å². The molecule has 17 nitrogen and oxygen atoms in total. The third-order valence-electron chi connectivity index (χ3n) is 15.1. The van der Waals surface area contributed by atoms with E-state index in [2.05, 4.69) is 15.4 Å². The molecule has 1 aromatic rings. The van der Waals surface area contributed by atoms with Crippen LogP contribution in [0.1, 0.15) is 132 Å². The van der Waals surface area contributed by atoms with Gasteiger partial charge < -0.3 is 38.8 Å². The van der Waals surface area contributed by atoms with Gasteiger partial charge in [-0.1, -0.05) is 71.1 Å². The van der Waals surface area contributed by atoms with Crippen molar-refractivity contribution >= 4 is 29.2 Å². The first kappa shape index (κ1) is 55.7. The summed E-state index contributed by atoms with van der Waals surface area (Å²) in [6.45, 7) is 12.8. The van der Waals surface area contributed by atoms with E-state index >= 15 is 0 Å². The maximum atomic E-state index is 14.5. The third-order valence-corrected chi connectivity index (χ3v) is 15.1. The largest absolute Gasteiger partial charge is 0.460 e. The smallest absolute Gasteiger partial charge is 0.329 e. The molecule has 1 aromatic heterocycles. The Hall–Kier alpha value is -4.26. The molecule has 2 saturated heterocycles. The van der Waals surface area contributed by atoms with Crippen molar-refractivity contribution in [3.63, 3.8) is 0 Å². The molecule has 1 amide bonds. The number of aromatic nitrogens is 4. The van der Waals surface area contributed by atoms with E-state index in [1.54, 1.807) is 45.9 Å². The summed E-state index contributed by atoms with van der Waals surface area (Å²) >= 11 is 0. The topological polar surface area (TPSA) is 219 Å². The fraction of sp³-hybridized carbons (Fsp3) is 0.731. The molecular formula is C52H79N5O12. The lowest BCUT2D eigenvalue weighted by Gasteiger charge is -2.42. The highest BCUT2D eigenvalue weighted by Crippen LogP contribution is 2.39. The number of methoxy groups -OCH3 is 3. The number of Topliss-reactive ketones (excluding diaryl/α,β-unsaturated/α-hetero) is 3. The van der Waals surface area contributed by atoms with Gasteiger partial charge in [0.15, 0.2) is 12.1 Å². The number of piperidine rings is 1. The van der Waals surface area contributed by atoms with Crippen molar-refractivity contribution in [2.45, 2.75) is 180 Å². The minimum Gasteiger partial charge on any atom is -0.460 e. The van der Waals surface area contributed by atoms with Gasteiger partial charge in [0.05, 0.1) is 24.4 Å². The zero-order chi connectivity index (χ0) is 50.6. The predicted molar refractivity (Wildman–Crippen MR) is 256 cm³/mol. The summed E-state index contributed by atoms with van der Waals surface area (Å²) in [5.41, 5.74) is 1.27. The Bertz CT molecular complexity index is 2020. The van der Waals surface area contributed by atoms with Gasteiger partial charge in [-0.05, 0) is 112 Å². The number of carbonyl (C=O) groups excluding carboxylic acids is 5. The number of aliphatic hydroxyl groups excluding tert-OH is 1. The maximum absolute atomic E-state index is 14.5. The van der Waals surface area contributed by atoms with Gasteiger partial charge in [0, 0.05) is 58.5 Å². The van der Waals surface area contributed by atoms with Crippen molar-refractivity contribution in [1.82, 2.24) is 25.1 Å². The molecule has 5 rings (SSSR count). The fourth-order valence-corrected chi connectivity index (χ4v) is 10.7. The van der Waals surface area contributed by atoms with Crippen LogP contribution in [0.3, 0.4) is 0 Å². The number of aliphatic hydroxyl groups is 2. The number of rotatable bonds is 7. The van der Waals surface area contributed by atoms with E-state index in [4.69, 9.17) is 23.7 Å². The summed E-state index contributed by atoms with van der Waals surface area (Å²) in [4.78, 5) is 73.9. The number of fused-ring (bicyclic) bond motifs is 3. The second-order valence-corrected chi connectivity index (χ2v) is 20.3. The van der Waals surface area contributed by atoms with Crippen LogP contribution in [0.15, 0.2) is 53.9 Å². The van der Waals surface area contributed by atoms with E-state index in [9.17, 15) is 34.2 Å². The first-order valence-electron chi connectivity index (χ1n) is 25.0. The predicted octanol–water partition coefficient (Wildman–Crippen LogP) is 6.05.